The fourth-order valence-electron chi connectivity index (χ4n) is 3.48. The highest BCUT2D eigenvalue weighted by molar-refractivity contribution is 7.89. The van der Waals surface area contributed by atoms with E-state index in [2.05, 4.69) is 25.7 Å². The molecule has 0 radical (unpaired) electrons. The molecule has 2 aliphatic rings. The van der Waals surface area contributed by atoms with Gasteiger partial charge in [-0.15, -0.1) is 0 Å². The fraction of sp³-hybridized carbons (Fsp3) is 0.647. The molecule has 0 aliphatic carbocycles. The number of hydrogen-bond acceptors (Lipinski definition) is 4. The van der Waals surface area contributed by atoms with Crippen molar-refractivity contribution in [2.75, 3.05) is 26.2 Å². The van der Waals surface area contributed by atoms with Gasteiger partial charge in [0.15, 0.2) is 0 Å². The molecule has 2 fully saturated rings. The van der Waals surface area contributed by atoms with Gasteiger partial charge in [-0.1, -0.05) is 32.9 Å². The molecular formula is C17H26N2O3S. The number of aliphatic hydroxyl groups is 1. The first-order chi connectivity index (χ1) is 10.7. The molecule has 0 unspecified atom stereocenters. The van der Waals surface area contributed by atoms with Gasteiger partial charge in [0, 0.05) is 32.2 Å². The van der Waals surface area contributed by atoms with Crippen LogP contribution in [0.5, 0.6) is 0 Å². The maximum absolute atomic E-state index is 13.0. The van der Waals surface area contributed by atoms with Crippen LogP contribution in [0.3, 0.4) is 0 Å². The lowest BCUT2D eigenvalue weighted by atomic mass is 9.87. The number of piperazine rings is 1. The lowest BCUT2D eigenvalue weighted by Crippen LogP contribution is -2.51. The maximum Gasteiger partial charge on any atom is 0.243 e. The molecule has 0 spiro atoms. The van der Waals surface area contributed by atoms with E-state index >= 15 is 0 Å². The first kappa shape index (κ1) is 16.9. The Labute approximate surface area is 139 Å². The van der Waals surface area contributed by atoms with E-state index in [4.69, 9.17) is 0 Å². The number of sulfonamides is 1. The Balaban J connectivity index is 1.85. The van der Waals surface area contributed by atoms with E-state index in [1.807, 2.05) is 12.1 Å². The second-order valence-corrected chi connectivity index (χ2v) is 9.62. The third kappa shape index (κ3) is 3.31. The van der Waals surface area contributed by atoms with Crippen molar-refractivity contribution in [3.63, 3.8) is 0 Å². The highest BCUT2D eigenvalue weighted by Crippen LogP contribution is 2.29. The molecule has 2 saturated heterocycles. The lowest BCUT2D eigenvalue weighted by Gasteiger charge is -2.36. The lowest BCUT2D eigenvalue weighted by molar-refractivity contribution is 0.147. The second kappa shape index (κ2) is 5.84. The third-order valence-electron chi connectivity index (χ3n) is 4.89. The summed E-state index contributed by atoms with van der Waals surface area (Å²) < 4.78 is 27.5. The number of rotatable bonds is 2. The van der Waals surface area contributed by atoms with Gasteiger partial charge in [0.25, 0.3) is 0 Å². The van der Waals surface area contributed by atoms with Crippen LogP contribution in [-0.4, -0.2) is 61.1 Å². The summed E-state index contributed by atoms with van der Waals surface area (Å²) in [7, 11) is -3.48. The number of nitrogens with zero attached hydrogens (tertiary/aromatic N) is 2. The van der Waals surface area contributed by atoms with Gasteiger partial charge >= 0.3 is 0 Å². The number of aliphatic hydroxyl groups excluding tert-OH is 1. The molecular weight excluding hydrogens is 312 g/mol. The molecule has 1 aromatic carbocycles. The standard InChI is InChI=1S/C17H26N2O3S/c1-17(2,3)13-5-4-6-16(9-13)23(21,22)19-8-7-18-12-15(20)10-14(18)11-19/h4-6,9,14-15,20H,7-8,10-12H2,1-3H3/t14-,15+/m0/s1. The van der Waals surface area contributed by atoms with Crippen LogP contribution in [0.1, 0.15) is 32.8 Å². The van der Waals surface area contributed by atoms with Crippen molar-refractivity contribution < 1.29 is 13.5 Å². The predicted octanol–water partition coefficient (Wildman–Crippen LogP) is 1.42. The van der Waals surface area contributed by atoms with Crippen LogP contribution in [0.15, 0.2) is 29.2 Å². The summed E-state index contributed by atoms with van der Waals surface area (Å²) in [5.74, 6) is 0. The fourth-order valence-corrected chi connectivity index (χ4v) is 4.99. The van der Waals surface area contributed by atoms with Crippen molar-refractivity contribution in [1.29, 1.82) is 0 Å². The second-order valence-electron chi connectivity index (χ2n) is 7.68. The Kier molecular flexibility index (Phi) is 4.29. The predicted molar refractivity (Wildman–Crippen MR) is 89.9 cm³/mol. The average molecular weight is 338 g/mol. The molecule has 1 N–H and O–H groups in total. The summed E-state index contributed by atoms with van der Waals surface area (Å²) in [6.07, 6.45) is 0.334. The number of hydrogen-bond donors (Lipinski definition) is 1. The molecule has 2 heterocycles. The largest absolute Gasteiger partial charge is 0.392 e. The Morgan fingerprint density at radius 3 is 2.61 bits per heavy atom. The minimum atomic E-state index is -3.48. The van der Waals surface area contributed by atoms with Crippen molar-refractivity contribution in [2.24, 2.45) is 0 Å². The first-order valence-electron chi connectivity index (χ1n) is 8.21. The van der Waals surface area contributed by atoms with Crippen LogP contribution < -0.4 is 0 Å². The molecule has 23 heavy (non-hydrogen) atoms. The SMILES string of the molecule is CC(C)(C)c1cccc(S(=O)(=O)N2CCN3C[C@H](O)C[C@H]3C2)c1. The van der Waals surface area contributed by atoms with Gasteiger partial charge < -0.3 is 5.11 Å². The number of benzene rings is 1. The number of fused-ring (bicyclic) bond motifs is 1. The van der Waals surface area contributed by atoms with E-state index in [1.54, 1.807) is 16.4 Å². The van der Waals surface area contributed by atoms with Crippen molar-refractivity contribution in [3.8, 4) is 0 Å². The van der Waals surface area contributed by atoms with Crippen LogP contribution >= 0.6 is 0 Å². The van der Waals surface area contributed by atoms with Crippen LogP contribution in [-0.2, 0) is 15.4 Å². The summed E-state index contributed by atoms with van der Waals surface area (Å²) in [5, 5.41) is 9.78. The molecule has 0 aromatic heterocycles. The van der Waals surface area contributed by atoms with Crippen molar-refractivity contribution in [3.05, 3.63) is 29.8 Å². The van der Waals surface area contributed by atoms with Crippen molar-refractivity contribution in [2.45, 2.75) is 49.6 Å². The Bertz CT molecular complexity index is 681. The van der Waals surface area contributed by atoms with Gasteiger partial charge in [-0.05, 0) is 29.5 Å². The average Bonchev–Trinajstić information content (AvgIpc) is 2.85. The van der Waals surface area contributed by atoms with Crippen LogP contribution in [0, 0.1) is 0 Å². The molecule has 5 nitrogen and oxygen atoms in total. The summed E-state index contributed by atoms with van der Waals surface area (Å²) >= 11 is 0. The minimum Gasteiger partial charge on any atom is -0.392 e. The molecule has 2 aliphatic heterocycles. The van der Waals surface area contributed by atoms with Gasteiger partial charge in [-0.3, -0.25) is 4.90 Å². The van der Waals surface area contributed by atoms with Gasteiger partial charge in [-0.2, -0.15) is 4.31 Å². The van der Waals surface area contributed by atoms with Crippen LogP contribution in [0.2, 0.25) is 0 Å². The van der Waals surface area contributed by atoms with E-state index in [9.17, 15) is 13.5 Å². The molecule has 128 valence electrons. The minimum absolute atomic E-state index is 0.0835. The van der Waals surface area contributed by atoms with Gasteiger partial charge in [0.2, 0.25) is 10.0 Å². The zero-order valence-corrected chi connectivity index (χ0v) is 14.9. The maximum atomic E-state index is 13.0. The summed E-state index contributed by atoms with van der Waals surface area (Å²) in [6.45, 7) is 8.56. The van der Waals surface area contributed by atoms with Gasteiger partial charge in [0.1, 0.15) is 0 Å². The topological polar surface area (TPSA) is 60.9 Å². The molecule has 0 amide bonds. The van der Waals surface area contributed by atoms with Crippen molar-refractivity contribution in [1.82, 2.24) is 9.21 Å². The zero-order chi connectivity index (χ0) is 16.8. The highest BCUT2D eigenvalue weighted by Gasteiger charge is 2.39. The van der Waals surface area contributed by atoms with E-state index in [-0.39, 0.29) is 17.6 Å². The monoisotopic (exact) mass is 338 g/mol. The normalized spacial score (nSPS) is 27.1. The molecule has 0 bridgehead atoms. The smallest absolute Gasteiger partial charge is 0.243 e. The van der Waals surface area contributed by atoms with Gasteiger partial charge in [0.05, 0.1) is 11.0 Å². The molecule has 0 saturated carbocycles. The first-order valence-corrected chi connectivity index (χ1v) is 9.65. The Hall–Kier alpha value is -0.950. The molecule has 6 heteroatoms. The van der Waals surface area contributed by atoms with E-state index in [1.165, 1.54) is 0 Å². The highest BCUT2D eigenvalue weighted by atomic mass is 32.2. The summed E-state index contributed by atoms with van der Waals surface area (Å²) in [6, 6.07) is 7.42. The Morgan fingerprint density at radius 1 is 1.17 bits per heavy atom. The quantitative estimate of drug-likeness (QED) is 0.886. The summed E-state index contributed by atoms with van der Waals surface area (Å²) in [4.78, 5) is 2.57. The van der Waals surface area contributed by atoms with Crippen LogP contribution in [0.25, 0.3) is 0 Å². The molecule has 1 aromatic rings. The van der Waals surface area contributed by atoms with Crippen LogP contribution in [0.4, 0.5) is 0 Å². The van der Waals surface area contributed by atoms with E-state index < -0.39 is 10.0 Å². The Morgan fingerprint density at radius 2 is 1.91 bits per heavy atom. The molecule has 3 rings (SSSR count). The third-order valence-corrected chi connectivity index (χ3v) is 6.76. The summed E-state index contributed by atoms with van der Waals surface area (Å²) in [5.41, 5.74) is 0.938. The zero-order valence-electron chi connectivity index (χ0n) is 14.1. The molecule has 2 atom stereocenters. The van der Waals surface area contributed by atoms with E-state index in [0.717, 1.165) is 5.56 Å². The van der Waals surface area contributed by atoms with Gasteiger partial charge in [-0.25, -0.2) is 8.42 Å². The van der Waals surface area contributed by atoms with Crippen molar-refractivity contribution >= 4 is 10.0 Å². The van der Waals surface area contributed by atoms with E-state index in [0.29, 0.717) is 37.5 Å².